The van der Waals surface area contributed by atoms with Crippen molar-refractivity contribution in [3.63, 3.8) is 0 Å². The number of aryl methyl sites for hydroxylation is 1. The summed E-state index contributed by atoms with van der Waals surface area (Å²) in [6, 6.07) is 11.8. The Hall–Kier alpha value is -3.32. The maximum absolute atomic E-state index is 13.3. The van der Waals surface area contributed by atoms with Gasteiger partial charge in [0, 0.05) is 24.2 Å². The van der Waals surface area contributed by atoms with Crippen LogP contribution in [0.3, 0.4) is 0 Å². The Morgan fingerprint density at radius 1 is 1.00 bits per heavy atom. The number of Topliss-reactive ketones (excluding diaryl/α,β-unsaturated/α-hetero) is 1. The molecule has 1 saturated heterocycles. The van der Waals surface area contributed by atoms with Crippen LogP contribution in [-0.2, 0) is 9.59 Å². The van der Waals surface area contributed by atoms with Crippen LogP contribution in [0, 0.1) is 6.92 Å². The van der Waals surface area contributed by atoms with E-state index >= 15 is 0 Å². The summed E-state index contributed by atoms with van der Waals surface area (Å²) in [5, 5.41) is 11.4. The van der Waals surface area contributed by atoms with Gasteiger partial charge in [-0.05, 0) is 78.5 Å². The number of ketones is 1. The van der Waals surface area contributed by atoms with Gasteiger partial charge in [-0.15, -0.1) is 0 Å². The predicted octanol–water partition coefficient (Wildman–Crippen LogP) is 4.55. The summed E-state index contributed by atoms with van der Waals surface area (Å²) in [6.45, 7) is 10.5. The average Bonchev–Trinajstić information content (AvgIpc) is 3.02. The fourth-order valence-corrected chi connectivity index (χ4v) is 4.15. The first-order valence-electron chi connectivity index (χ1n) is 12.0. The van der Waals surface area contributed by atoms with Crippen LogP contribution in [0.15, 0.2) is 48.0 Å². The molecule has 2 aromatic carbocycles. The predicted molar refractivity (Wildman–Crippen MR) is 137 cm³/mol. The first-order chi connectivity index (χ1) is 16.5. The molecule has 1 unspecified atom stereocenters. The standard InChI is InChI=1S/C28H36N2O5/c1-17(2)34-22-13-12-20(16-19(22)5)26(31)24-25(21-10-8-9-11-23(21)35-18(3)4)30(15-14-29(6)7)28(33)27(24)32/h8-13,16-18,25,31H,14-15H2,1-7H3/b26-24-. The fraction of sp³-hybridized carbons (Fsp3) is 0.429. The molecule has 1 N–H and O–H groups in total. The van der Waals surface area contributed by atoms with E-state index < -0.39 is 17.7 Å². The van der Waals surface area contributed by atoms with Gasteiger partial charge in [-0.25, -0.2) is 0 Å². The molecule has 1 aliphatic rings. The molecule has 0 saturated carbocycles. The van der Waals surface area contributed by atoms with Crippen LogP contribution >= 0.6 is 0 Å². The van der Waals surface area contributed by atoms with Crippen molar-refractivity contribution < 1.29 is 24.2 Å². The molecule has 1 heterocycles. The van der Waals surface area contributed by atoms with Gasteiger partial charge < -0.3 is 24.4 Å². The number of benzene rings is 2. The monoisotopic (exact) mass is 480 g/mol. The quantitative estimate of drug-likeness (QED) is 0.322. The number of ether oxygens (including phenoxy) is 2. The zero-order chi connectivity index (χ0) is 25.9. The molecule has 0 aliphatic carbocycles. The summed E-state index contributed by atoms with van der Waals surface area (Å²) in [5.74, 6) is -0.263. The minimum absolute atomic E-state index is 0.00706. The second-order valence-electron chi connectivity index (χ2n) is 9.65. The van der Waals surface area contributed by atoms with Crippen molar-refractivity contribution in [3.05, 3.63) is 64.7 Å². The molecule has 7 heteroatoms. The van der Waals surface area contributed by atoms with Crippen LogP contribution in [-0.4, -0.2) is 66.0 Å². The van der Waals surface area contributed by atoms with E-state index in [0.717, 1.165) is 5.56 Å². The highest BCUT2D eigenvalue weighted by Crippen LogP contribution is 2.43. The molecule has 3 rings (SSSR count). The van der Waals surface area contributed by atoms with Gasteiger partial charge >= 0.3 is 0 Å². The number of para-hydroxylation sites is 1. The number of nitrogens with zero attached hydrogens (tertiary/aromatic N) is 2. The van der Waals surface area contributed by atoms with E-state index in [-0.39, 0.29) is 23.5 Å². The van der Waals surface area contributed by atoms with Gasteiger partial charge in [-0.1, -0.05) is 18.2 Å². The van der Waals surface area contributed by atoms with Crippen LogP contribution < -0.4 is 9.47 Å². The smallest absolute Gasteiger partial charge is 0.295 e. The van der Waals surface area contributed by atoms with Gasteiger partial charge in [0.25, 0.3) is 11.7 Å². The minimum atomic E-state index is -0.767. The normalized spacial score (nSPS) is 17.7. The minimum Gasteiger partial charge on any atom is -0.507 e. The topological polar surface area (TPSA) is 79.3 Å². The molecule has 0 radical (unpaired) electrons. The van der Waals surface area contributed by atoms with Crippen molar-refractivity contribution in [1.82, 2.24) is 9.80 Å². The number of likely N-dealkylation sites (N-methyl/N-ethyl adjacent to an activating group) is 1. The highest BCUT2D eigenvalue weighted by atomic mass is 16.5. The SMILES string of the molecule is Cc1cc(/C(O)=C2/C(=O)C(=O)N(CCN(C)C)C2c2ccccc2OC(C)C)ccc1OC(C)C. The summed E-state index contributed by atoms with van der Waals surface area (Å²) in [7, 11) is 3.82. The van der Waals surface area contributed by atoms with Crippen molar-refractivity contribution in [2.24, 2.45) is 0 Å². The number of hydrogen-bond acceptors (Lipinski definition) is 6. The average molecular weight is 481 g/mol. The van der Waals surface area contributed by atoms with E-state index in [9.17, 15) is 14.7 Å². The lowest BCUT2D eigenvalue weighted by Crippen LogP contribution is -2.35. The third-order valence-electron chi connectivity index (χ3n) is 5.72. The Labute approximate surface area is 207 Å². The number of likely N-dealkylation sites (tertiary alicyclic amines) is 1. The Balaban J connectivity index is 2.17. The van der Waals surface area contributed by atoms with E-state index in [4.69, 9.17) is 9.47 Å². The van der Waals surface area contributed by atoms with Crippen LogP contribution in [0.4, 0.5) is 0 Å². The zero-order valence-corrected chi connectivity index (χ0v) is 21.7. The lowest BCUT2D eigenvalue weighted by molar-refractivity contribution is -0.140. The Bertz CT molecular complexity index is 1120. The largest absolute Gasteiger partial charge is 0.507 e. The molecule has 0 aromatic heterocycles. The lowest BCUT2D eigenvalue weighted by atomic mass is 9.94. The third kappa shape index (κ3) is 5.85. The van der Waals surface area contributed by atoms with Crippen molar-refractivity contribution in [1.29, 1.82) is 0 Å². The molecule has 1 amide bonds. The van der Waals surface area contributed by atoms with Gasteiger partial charge in [0.1, 0.15) is 17.3 Å². The lowest BCUT2D eigenvalue weighted by Gasteiger charge is -2.28. The summed E-state index contributed by atoms with van der Waals surface area (Å²) in [6.07, 6.45) is -0.0935. The Kier molecular flexibility index (Phi) is 8.22. The number of rotatable bonds is 9. The highest BCUT2D eigenvalue weighted by molar-refractivity contribution is 6.46. The van der Waals surface area contributed by atoms with Gasteiger partial charge in [0.05, 0.1) is 23.8 Å². The number of aliphatic hydroxyl groups is 1. The van der Waals surface area contributed by atoms with Crippen LogP contribution in [0.5, 0.6) is 11.5 Å². The molecule has 0 spiro atoms. The molecule has 7 nitrogen and oxygen atoms in total. The number of carbonyl (C=O) groups is 2. The zero-order valence-electron chi connectivity index (χ0n) is 21.7. The second-order valence-corrected chi connectivity index (χ2v) is 9.65. The second kappa shape index (κ2) is 11.0. The highest BCUT2D eigenvalue weighted by Gasteiger charge is 2.47. The van der Waals surface area contributed by atoms with Crippen LogP contribution in [0.2, 0.25) is 0 Å². The number of amides is 1. The molecule has 1 aliphatic heterocycles. The summed E-state index contributed by atoms with van der Waals surface area (Å²) >= 11 is 0. The molecular weight excluding hydrogens is 444 g/mol. The Morgan fingerprint density at radius 3 is 2.23 bits per heavy atom. The molecule has 188 valence electrons. The molecular formula is C28H36N2O5. The summed E-state index contributed by atoms with van der Waals surface area (Å²) in [5.41, 5.74) is 2.00. The summed E-state index contributed by atoms with van der Waals surface area (Å²) in [4.78, 5) is 30.0. The van der Waals surface area contributed by atoms with E-state index in [2.05, 4.69) is 0 Å². The summed E-state index contributed by atoms with van der Waals surface area (Å²) < 4.78 is 11.8. The fourth-order valence-electron chi connectivity index (χ4n) is 4.15. The van der Waals surface area contributed by atoms with E-state index in [1.807, 2.05) is 77.9 Å². The number of aliphatic hydroxyl groups excluding tert-OH is 1. The van der Waals surface area contributed by atoms with Crippen molar-refractivity contribution >= 4 is 17.4 Å². The van der Waals surface area contributed by atoms with E-state index in [1.165, 1.54) is 4.90 Å². The third-order valence-corrected chi connectivity index (χ3v) is 5.72. The first kappa shape index (κ1) is 26.3. The number of carbonyl (C=O) groups excluding carboxylic acids is 2. The number of hydrogen-bond donors (Lipinski definition) is 1. The molecule has 2 aromatic rings. The van der Waals surface area contributed by atoms with Gasteiger partial charge in [-0.2, -0.15) is 0 Å². The van der Waals surface area contributed by atoms with Crippen LogP contribution in [0.25, 0.3) is 5.76 Å². The van der Waals surface area contributed by atoms with Crippen molar-refractivity contribution in [2.45, 2.75) is 52.9 Å². The maximum Gasteiger partial charge on any atom is 0.295 e. The first-order valence-corrected chi connectivity index (χ1v) is 12.0. The molecule has 0 bridgehead atoms. The maximum atomic E-state index is 13.3. The van der Waals surface area contributed by atoms with E-state index in [0.29, 0.717) is 35.7 Å². The van der Waals surface area contributed by atoms with Gasteiger partial charge in [0.2, 0.25) is 0 Å². The van der Waals surface area contributed by atoms with E-state index in [1.54, 1.807) is 18.2 Å². The molecule has 1 fully saturated rings. The molecule has 35 heavy (non-hydrogen) atoms. The van der Waals surface area contributed by atoms with Crippen molar-refractivity contribution in [2.75, 3.05) is 27.2 Å². The molecule has 1 atom stereocenters. The van der Waals surface area contributed by atoms with Crippen molar-refractivity contribution in [3.8, 4) is 11.5 Å². The van der Waals surface area contributed by atoms with Gasteiger partial charge in [0.15, 0.2) is 0 Å². The Morgan fingerprint density at radius 2 is 1.63 bits per heavy atom. The van der Waals surface area contributed by atoms with Gasteiger partial charge in [-0.3, -0.25) is 9.59 Å². The van der Waals surface area contributed by atoms with Crippen LogP contribution in [0.1, 0.15) is 50.4 Å².